The molecule has 2 aromatic carbocycles. The van der Waals surface area contributed by atoms with Crippen LogP contribution in [0.15, 0.2) is 65.1 Å². The number of aldehydes is 1. The number of anilines is 1. The number of methoxy groups -OCH3 is 1. The van der Waals surface area contributed by atoms with E-state index < -0.39 is 0 Å². The fourth-order valence-electron chi connectivity index (χ4n) is 4.92. The number of rotatable bonds is 10. The van der Waals surface area contributed by atoms with Crippen molar-refractivity contribution in [2.75, 3.05) is 12.4 Å². The molecule has 0 bridgehead atoms. The van der Waals surface area contributed by atoms with Crippen molar-refractivity contribution in [3.05, 3.63) is 76.0 Å². The zero-order valence-corrected chi connectivity index (χ0v) is 23.8. The zero-order chi connectivity index (χ0) is 27.2. The molecular weight excluding hydrogens is 530 g/mol. The average Bonchev–Trinajstić information content (AvgIpc) is 3.69. The summed E-state index contributed by atoms with van der Waals surface area (Å²) in [6.45, 7) is 2.59. The van der Waals surface area contributed by atoms with Gasteiger partial charge in [-0.15, -0.1) is 23.1 Å². The third-order valence-electron chi connectivity index (χ3n) is 6.98. The highest BCUT2D eigenvalue weighted by molar-refractivity contribution is 8.01. The Labute approximate surface area is 237 Å². The van der Waals surface area contributed by atoms with Gasteiger partial charge in [0.25, 0.3) is 5.91 Å². The van der Waals surface area contributed by atoms with Gasteiger partial charge in [0.15, 0.2) is 17.8 Å². The Kier molecular flexibility index (Phi) is 8.88. The molecule has 5 rings (SSSR count). The first-order chi connectivity index (χ1) is 19.1. The molecule has 3 aromatic rings. The number of carbonyl (C=O) groups excluding carboxylic acids is 2. The number of hydrogen-bond donors (Lipinski definition) is 1. The fraction of sp³-hybridized carbons (Fsp3) is 0.367. The number of benzene rings is 2. The molecule has 1 N–H and O–H groups in total. The highest BCUT2D eigenvalue weighted by atomic mass is 32.2. The first-order valence-corrected chi connectivity index (χ1v) is 15.1. The van der Waals surface area contributed by atoms with Crippen LogP contribution in [0.2, 0.25) is 0 Å². The summed E-state index contributed by atoms with van der Waals surface area (Å²) in [5.74, 6) is 1.34. The molecule has 2 aliphatic rings. The van der Waals surface area contributed by atoms with Gasteiger partial charge in [-0.1, -0.05) is 25.1 Å². The number of carbonyl (C=O) groups is 2. The number of thioether (sulfide) groups is 1. The summed E-state index contributed by atoms with van der Waals surface area (Å²) < 4.78 is 11.9. The predicted octanol–water partition coefficient (Wildman–Crippen LogP) is 6.59. The summed E-state index contributed by atoms with van der Waals surface area (Å²) in [6, 6.07) is 17.3. The van der Waals surface area contributed by atoms with Gasteiger partial charge in [-0.3, -0.25) is 9.80 Å². The Bertz CT molecular complexity index is 1300. The minimum absolute atomic E-state index is 0.0824. The van der Waals surface area contributed by atoms with Crippen molar-refractivity contribution < 1.29 is 19.1 Å². The second-order valence-electron chi connectivity index (χ2n) is 9.66. The second-order valence-corrected chi connectivity index (χ2v) is 11.9. The zero-order valence-electron chi connectivity index (χ0n) is 22.2. The van der Waals surface area contributed by atoms with Gasteiger partial charge in [-0.05, 0) is 79.4 Å². The van der Waals surface area contributed by atoms with Gasteiger partial charge >= 0.3 is 0 Å². The molecule has 7 nitrogen and oxygen atoms in total. The van der Waals surface area contributed by atoms with Crippen LogP contribution < -0.4 is 14.8 Å². The molecule has 1 amide bonds. The van der Waals surface area contributed by atoms with E-state index in [1.54, 1.807) is 24.9 Å². The van der Waals surface area contributed by atoms with Gasteiger partial charge in [0.2, 0.25) is 0 Å². The quantitative estimate of drug-likeness (QED) is 0.281. The van der Waals surface area contributed by atoms with Crippen LogP contribution in [-0.2, 0) is 11.3 Å². The van der Waals surface area contributed by atoms with Gasteiger partial charge < -0.3 is 19.6 Å². The Morgan fingerprint density at radius 2 is 1.92 bits per heavy atom. The third kappa shape index (κ3) is 6.47. The molecule has 2 unspecified atom stereocenters. The number of hydrogen-bond acceptors (Lipinski definition) is 8. The van der Waals surface area contributed by atoms with Crippen molar-refractivity contribution in [2.24, 2.45) is 5.10 Å². The summed E-state index contributed by atoms with van der Waals surface area (Å²) in [5, 5.41) is 11.4. The largest absolute Gasteiger partial charge is 0.493 e. The number of amides is 1. The van der Waals surface area contributed by atoms with Crippen molar-refractivity contribution in [1.82, 2.24) is 5.01 Å². The maximum absolute atomic E-state index is 12.4. The first-order valence-electron chi connectivity index (χ1n) is 13.3. The van der Waals surface area contributed by atoms with E-state index in [-0.39, 0.29) is 22.6 Å². The first kappa shape index (κ1) is 27.3. The lowest BCUT2D eigenvalue weighted by Crippen LogP contribution is -2.39. The molecule has 1 aromatic heterocycles. The van der Waals surface area contributed by atoms with Gasteiger partial charge in [0, 0.05) is 11.3 Å². The summed E-state index contributed by atoms with van der Waals surface area (Å²) in [6.07, 6.45) is 6.54. The predicted molar refractivity (Wildman–Crippen MR) is 158 cm³/mol. The highest BCUT2D eigenvalue weighted by Gasteiger charge is 2.32. The SMILES string of the molecule is CCC1SC(C=O)N(Cc2ccc(NC(=O)c3cccs3)cc2)N=C1c1ccc(OC)c(OC2CCCC2)c1. The van der Waals surface area contributed by atoms with E-state index in [1.807, 2.05) is 58.9 Å². The topological polar surface area (TPSA) is 80.2 Å². The van der Waals surface area contributed by atoms with Crippen molar-refractivity contribution in [3.8, 4) is 11.5 Å². The van der Waals surface area contributed by atoms with E-state index in [1.165, 1.54) is 24.2 Å². The lowest BCUT2D eigenvalue weighted by atomic mass is 10.0. The van der Waals surface area contributed by atoms with Crippen molar-refractivity contribution in [3.63, 3.8) is 0 Å². The van der Waals surface area contributed by atoms with E-state index in [0.29, 0.717) is 11.4 Å². The fourth-order valence-corrected chi connectivity index (χ4v) is 6.70. The van der Waals surface area contributed by atoms with E-state index in [9.17, 15) is 9.59 Å². The van der Waals surface area contributed by atoms with Gasteiger partial charge in [-0.2, -0.15) is 5.10 Å². The van der Waals surface area contributed by atoms with E-state index >= 15 is 0 Å². The smallest absolute Gasteiger partial charge is 0.265 e. The Morgan fingerprint density at radius 3 is 2.59 bits per heavy atom. The standard InChI is InChI=1S/C30H33N3O4S2/c1-3-26-29(21-12-15-24(36-2)25(17-21)37-23-7-4-5-8-23)32-33(28(19-34)39-26)18-20-10-13-22(14-11-20)31-30(35)27-9-6-16-38-27/h6,9-17,19,23,26,28H,3-5,7-8,18H2,1-2H3,(H,31,35). The molecule has 9 heteroatoms. The normalized spacial score (nSPS) is 19.4. The minimum atomic E-state index is -0.385. The van der Waals surface area contributed by atoms with Crippen LogP contribution in [0.4, 0.5) is 5.69 Å². The number of nitrogens with one attached hydrogen (secondary N) is 1. The van der Waals surface area contributed by atoms with Crippen LogP contribution in [-0.4, -0.2) is 46.8 Å². The van der Waals surface area contributed by atoms with Crippen molar-refractivity contribution >= 4 is 46.7 Å². The molecule has 39 heavy (non-hydrogen) atoms. The molecule has 0 saturated heterocycles. The maximum Gasteiger partial charge on any atom is 0.265 e. The van der Waals surface area contributed by atoms with E-state index in [2.05, 4.69) is 12.2 Å². The van der Waals surface area contributed by atoms with Crippen molar-refractivity contribution in [1.29, 1.82) is 0 Å². The number of hydrazone groups is 1. The number of ether oxygens (including phenoxy) is 2. The van der Waals surface area contributed by atoms with Crippen LogP contribution in [0.3, 0.4) is 0 Å². The minimum Gasteiger partial charge on any atom is -0.493 e. The summed E-state index contributed by atoms with van der Waals surface area (Å²) in [7, 11) is 1.66. The van der Waals surface area contributed by atoms with Crippen LogP contribution in [0.1, 0.15) is 59.8 Å². The molecule has 2 atom stereocenters. The van der Waals surface area contributed by atoms with Gasteiger partial charge in [-0.25, -0.2) is 0 Å². The Hall–Kier alpha value is -3.30. The average molecular weight is 564 g/mol. The Balaban J connectivity index is 1.36. The van der Waals surface area contributed by atoms with Crippen LogP contribution in [0.5, 0.6) is 11.5 Å². The summed E-state index contributed by atoms with van der Waals surface area (Å²) >= 11 is 3.03. The van der Waals surface area contributed by atoms with E-state index in [4.69, 9.17) is 14.6 Å². The summed E-state index contributed by atoms with van der Waals surface area (Å²) in [5.41, 5.74) is 3.62. The number of nitrogens with zero attached hydrogens (tertiary/aromatic N) is 2. The molecule has 2 heterocycles. The Morgan fingerprint density at radius 1 is 1.13 bits per heavy atom. The lowest BCUT2D eigenvalue weighted by molar-refractivity contribution is -0.110. The molecule has 1 aliphatic carbocycles. The number of thiophene rings is 1. The van der Waals surface area contributed by atoms with Crippen LogP contribution in [0, 0.1) is 0 Å². The van der Waals surface area contributed by atoms with Crippen LogP contribution in [0.25, 0.3) is 0 Å². The molecule has 1 fully saturated rings. The third-order valence-corrected chi connectivity index (χ3v) is 9.37. The lowest BCUT2D eigenvalue weighted by Gasteiger charge is -2.35. The summed E-state index contributed by atoms with van der Waals surface area (Å²) in [4.78, 5) is 25.1. The maximum atomic E-state index is 12.4. The molecule has 0 radical (unpaired) electrons. The molecular formula is C30H33N3O4S2. The monoisotopic (exact) mass is 563 g/mol. The molecule has 0 spiro atoms. The van der Waals surface area contributed by atoms with E-state index in [0.717, 1.165) is 59.6 Å². The highest BCUT2D eigenvalue weighted by Crippen LogP contribution is 2.37. The van der Waals surface area contributed by atoms with Gasteiger partial charge in [0.05, 0.1) is 35.6 Å². The molecule has 204 valence electrons. The molecule has 1 aliphatic heterocycles. The second kappa shape index (κ2) is 12.7. The van der Waals surface area contributed by atoms with Crippen molar-refractivity contribution in [2.45, 2.75) is 62.3 Å². The molecule has 1 saturated carbocycles. The van der Waals surface area contributed by atoms with Crippen LogP contribution >= 0.6 is 23.1 Å². The van der Waals surface area contributed by atoms with Gasteiger partial charge in [0.1, 0.15) is 5.37 Å².